The lowest BCUT2D eigenvalue weighted by Crippen LogP contribution is -1.93. The Kier molecular flexibility index (Phi) is 5.90. The van der Waals surface area contributed by atoms with Gasteiger partial charge in [0, 0.05) is 0 Å². The van der Waals surface area contributed by atoms with Crippen molar-refractivity contribution in [3.8, 4) is 11.5 Å². The molecule has 4 heteroatoms. The third-order valence-electron chi connectivity index (χ3n) is 2.98. The summed E-state index contributed by atoms with van der Waals surface area (Å²) in [6, 6.07) is 0. The molecule has 2 N–H and O–H groups in total. The largest absolute Gasteiger partial charge is 0.506 e. The zero-order valence-electron chi connectivity index (χ0n) is 10.9. The number of rotatable bonds is 6. The third-order valence-corrected chi connectivity index (χ3v) is 3.44. The van der Waals surface area contributed by atoms with Crippen molar-refractivity contribution in [2.45, 2.75) is 32.6 Å². The highest BCUT2D eigenvalue weighted by atomic mass is 35.5. The maximum Gasteiger partial charge on any atom is 0.154 e. The number of carbonyl (C=O) groups excluding carboxylic acids is 1. The molecule has 0 amide bonds. The lowest BCUT2D eigenvalue weighted by atomic mass is 10.0. The molecule has 0 saturated heterocycles. The fourth-order valence-corrected chi connectivity index (χ4v) is 1.99. The predicted molar refractivity (Wildman–Crippen MR) is 77.8 cm³/mol. The van der Waals surface area contributed by atoms with Gasteiger partial charge in [0.1, 0.15) is 11.5 Å². The van der Waals surface area contributed by atoms with Crippen LogP contribution in [-0.4, -0.2) is 16.5 Å². The second-order valence-electron chi connectivity index (χ2n) is 4.33. The summed E-state index contributed by atoms with van der Waals surface area (Å²) in [5, 5.41) is 20.0. The van der Waals surface area contributed by atoms with E-state index in [1.807, 2.05) is 6.08 Å². The van der Waals surface area contributed by atoms with E-state index in [-0.39, 0.29) is 27.6 Å². The molecule has 0 aliphatic heterocycles. The zero-order chi connectivity index (χ0) is 14.4. The Morgan fingerprint density at radius 3 is 2.47 bits per heavy atom. The van der Waals surface area contributed by atoms with Crippen LogP contribution in [0.1, 0.15) is 47.2 Å². The average molecular weight is 282 g/mol. The van der Waals surface area contributed by atoms with Crippen molar-refractivity contribution in [3.63, 3.8) is 0 Å². The number of hydrogen-bond acceptors (Lipinski definition) is 3. The summed E-state index contributed by atoms with van der Waals surface area (Å²) < 4.78 is 0. The second-order valence-corrected chi connectivity index (χ2v) is 4.71. The molecular formula is C15H18ClO3. The van der Waals surface area contributed by atoms with Crippen LogP contribution in [0.25, 0.3) is 6.08 Å². The van der Waals surface area contributed by atoms with Crippen LogP contribution in [0.4, 0.5) is 0 Å². The van der Waals surface area contributed by atoms with Gasteiger partial charge in [0.05, 0.1) is 16.1 Å². The van der Waals surface area contributed by atoms with Gasteiger partial charge in [0.25, 0.3) is 0 Å². The van der Waals surface area contributed by atoms with Gasteiger partial charge in [-0.3, -0.25) is 4.79 Å². The lowest BCUT2D eigenvalue weighted by Gasteiger charge is -2.11. The third kappa shape index (κ3) is 3.51. The van der Waals surface area contributed by atoms with Crippen LogP contribution in [0.2, 0.25) is 5.02 Å². The van der Waals surface area contributed by atoms with Crippen molar-refractivity contribution >= 4 is 24.0 Å². The number of benzene rings is 1. The Hall–Kier alpha value is -1.48. The van der Waals surface area contributed by atoms with Gasteiger partial charge >= 0.3 is 0 Å². The molecule has 103 valence electrons. The highest BCUT2D eigenvalue weighted by Gasteiger charge is 2.18. The summed E-state index contributed by atoms with van der Waals surface area (Å²) in [6.45, 7) is 5.33. The van der Waals surface area contributed by atoms with Gasteiger partial charge in [-0.2, -0.15) is 0 Å². The number of allylic oxidation sites excluding steroid dienone is 1. The van der Waals surface area contributed by atoms with E-state index in [1.54, 1.807) is 13.0 Å². The van der Waals surface area contributed by atoms with E-state index in [0.717, 1.165) is 25.7 Å². The molecule has 0 bridgehead atoms. The van der Waals surface area contributed by atoms with Crippen molar-refractivity contribution in [1.82, 2.24) is 0 Å². The maximum absolute atomic E-state index is 10.9. The van der Waals surface area contributed by atoms with Crippen LogP contribution in [-0.2, 0) is 0 Å². The molecular weight excluding hydrogens is 264 g/mol. The minimum atomic E-state index is -0.234. The Labute approximate surface area is 118 Å². The second kappa shape index (κ2) is 7.19. The predicted octanol–water partition coefficient (Wildman–Crippen LogP) is 4.28. The number of hydrogen-bond donors (Lipinski definition) is 2. The highest BCUT2D eigenvalue weighted by Crippen LogP contribution is 2.40. The number of aldehydes is 1. The van der Waals surface area contributed by atoms with Crippen LogP contribution in [0, 0.1) is 13.8 Å². The van der Waals surface area contributed by atoms with Gasteiger partial charge in [0.2, 0.25) is 0 Å². The molecule has 0 spiro atoms. The van der Waals surface area contributed by atoms with Gasteiger partial charge in [-0.1, -0.05) is 43.5 Å². The summed E-state index contributed by atoms with van der Waals surface area (Å²) in [5.41, 5.74) is 0.674. The fraction of sp³-hybridized carbons (Fsp3) is 0.333. The van der Waals surface area contributed by atoms with Crippen molar-refractivity contribution in [2.24, 2.45) is 0 Å². The van der Waals surface area contributed by atoms with Crippen LogP contribution < -0.4 is 0 Å². The molecule has 19 heavy (non-hydrogen) atoms. The zero-order valence-corrected chi connectivity index (χ0v) is 11.7. The van der Waals surface area contributed by atoms with E-state index in [9.17, 15) is 15.0 Å². The topological polar surface area (TPSA) is 57.5 Å². The number of unbranched alkanes of at least 4 members (excludes halogenated alkanes) is 3. The minimum Gasteiger partial charge on any atom is -0.506 e. The molecule has 1 aromatic rings. The summed E-state index contributed by atoms with van der Waals surface area (Å²) >= 11 is 5.94. The van der Waals surface area contributed by atoms with Crippen molar-refractivity contribution in [1.29, 1.82) is 0 Å². The molecule has 0 aliphatic rings. The molecule has 0 unspecified atom stereocenters. The number of phenols is 2. The average Bonchev–Trinajstić information content (AvgIpc) is 2.40. The molecule has 0 fully saturated rings. The summed E-state index contributed by atoms with van der Waals surface area (Å²) in [4.78, 5) is 10.9. The molecule has 1 rings (SSSR count). The molecule has 1 radical (unpaired) electrons. The van der Waals surface area contributed by atoms with Crippen molar-refractivity contribution < 1.29 is 15.0 Å². The van der Waals surface area contributed by atoms with E-state index in [4.69, 9.17) is 11.6 Å². The van der Waals surface area contributed by atoms with Crippen molar-refractivity contribution in [2.75, 3.05) is 0 Å². The lowest BCUT2D eigenvalue weighted by molar-refractivity contribution is 0.112. The van der Waals surface area contributed by atoms with E-state index in [1.165, 1.54) is 0 Å². The minimum absolute atomic E-state index is 0.0947. The molecule has 0 aliphatic carbocycles. The summed E-state index contributed by atoms with van der Waals surface area (Å²) in [5.74, 6) is -0.432. The number of halogens is 1. The SMILES string of the molecule is [CH2]CCCC/C=C/c1c(O)c(Cl)c(C)c(C=O)c1O. The first-order chi connectivity index (χ1) is 9.04. The molecule has 1 aromatic carbocycles. The molecule has 0 aromatic heterocycles. The Bertz CT molecular complexity index is 493. The summed E-state index contributed by atoms with van der Waals surface area (Å²) in [7, 11) is 0. The number of phenolic OH excluding ortho intramolecular Hbond substituents is 2. The molecule has 0 saturated carbocycles. The van der Waals surface area contributed by atoms with E-state index < -0.39 is 0 Å². The first-order valence-corrected chi connectivity index (χ1v) is 6.57. The normalized spacial score (nSPS) is 11.1. The monoisotopic (exact) mass is 281 g/mol. The molecule has 3 nitrogen and oxygen atoms in total. The fourth-order valence-electron chi connectivity index (χ4n) is 1.79. The van der Waals surface area contributed by atoms with Gasteiger partial charge in [-0.15, -0.1) is 0 Å². The van der Waals surface area contributed by atoms with E-state index in [0.29, 0.717) is 11.8 Å². The maximum atomic E-state index is 10.9. The Balaban J connectivity index is 3.07. The molecule has 0 atom stereocenters. The van der Waals surface area contributed by atoms with Crippen LogP contribution in [0.3, 0.4) is 0 Å². The van der Waals surface area contributed by atoms with Crippen LogP contribution >= 0.6 is 11.6 Å². The Morgan fingerprint density at radius 1 is 1.21 bits per heavy atom. The highest BCUT2D eigenvalue weighted by molar-refractivity contribution is 6.33. The molecule has 0 heterocycles. The van der Waals surface area contributed by atoms with Crippen molar-refractivity contribution in [3.05, 3.63) is 34.7 Å². The van der Waals surface area contributed by atoms with E-state index in [2.05, 4.69) is 6.92 Å². The first-order valence-electron chi connectivity index (χ1n) is 6.19. The number of aromatic hydroxyl groups is 2. The standard InChI is InChI=1S/C15H18ClO3/c1-3-4-5-6-7-8-11-14(18)12(9-17)10(2)13(16)15(11)19/h7-9,18-19H,1,3-6H2,2H3/b8-7+. The number of carbonyl (C=O) groups is 1. The quantitative estimate of drug-likeness (QED) is 0.604. The first kappa shape index (κ1) is 15.6. The van der Waals surface area contributed by atoms with Gasteiger partial charge in [-0.25, -0.2) is 0 Å². The van der Waals surface area contributed by atoms with E-state index >= 15 is 0 Å². The van der Waals surface area contributed by atoms with Gasteiger partial charge in [0.15, 0.2) is 6.29 Å². The summed E-state index contributed by atoms with van der Waals surface area (Å²) in [6.07, 6.45) is 7.68. The van der Waals surface area contributed by atoms with Crippen LogP contribution in [0.15, 0.2) is 6.08 Å². The van der Waals surface area contributed by atoms with Gasteiger partial charge in [-0.05, 0) is 25.3 Å². The smallest absolute Gasteiger partial charge is 0.154 e. The van der Waals surface area contributed by atoms with Gasteiger partial charge < -0.3 is 10.2 Å². The van der Waals surface area contributed by atoms with Crippen LogP contribution in [0.5, 0.6) is 11.5 Å². The Morgan fingerprint density at radius 2 is 1.89 bits per heavy atom.